The topological polar surface area (TPSA) is 80.4 Å². The Balaban J connectivity index is 2.91. The predicted octanol–water partition coefficient (Wildman–Crippen LogP) is 1.09. The number of ketones is 1. The quantitative estimate of drug-likeness (QED) is 0.425. The molecule has 4 heteroatoms. The van der Waals surface area contributed by atoms with Crippen molar-refractivity contribution in [3.8, 4) is 0 Å². The molecule has 0 heterocycles. The normalized spacial score (nSPS) is 10.3. The molecule has 0 saturated heterocycles. The molecule has 1 aromatic rings. The maximum absolute atomic E-state index is 11.3. The number of allylic oxidation sites excluding steroid dienone is 1. The first kappa shape index (κ1) is 9.98. The molecule has 0 aliphatic carbocycles. The molecule has 0 aromatic heterocycles. The van der Waals surface area contributed by atoms with Crippen molar-refractivity contribution in [3.63, 3.8) is 0 Å². The summed E-state index contributed by atoms with van der Waals surface area (Å²) in [7, 11) is 0. The van der Waals surface area contributed by atoms with E-state index in [2.05, 4.69) is 0 Å². The molecule has 72 valence electrons. The van der Waals surface area contributed by atoms with Gasteiger partial charge in [-0.25, -0.2) is 4.79 Å². The van der Waals surface area contributed by atoms with Crippen molar-refractivity contribution < 1.29 is 14.7 Å². The summed E-state index contributed by atoms with van der Waals surface area (Å²) in [5, 5.41) is 8.31. The summed E-state index contributed by atoms with van der Waals surface area (Å²) in [6.07, 6.45) is 1.77. The van der Waals surface area contributed by atoms with E-state index in [1.54, 1.807) is 24.3 Å². The second-order valence-corrected chi connectivity index (χ2v) is 2.62. The van der Waals surface area contributed by atoms with Gasteiger partial charge in [-0.3, -0.25) is 4.79 Å². The van der Waals surface area contributed by atoms with Crippen molar-refractivity contribution in [2.45, 2.75) is 0 Å². The summed E-state index contributed by atoms with van der Waals surface area (Å²) in [6, 6.07) is 6.50. The van der Waals surface area contributed by atoms with E-state index in [1.807, 2.05) is 0 Å². The molecule has 4 nitrogen and oxygen atoms in total. The number of carbonyl (C=O) groups excluding carboxylic acids is 1. The number of carbonyl (C=O) groups is 2. The highest BCUT2D eigenvalue weighted by atomic mass is 16.4. The van der Waals surface area contributed by atoms with Crippen molar-refractivity contribution in [2.24, 2.45) is 0 Å². The lowest BCUT2D eigenvalue weighted by Gasteiger charge is -1.99. The van der Waals surface area contributed by atoms with Crippen molar-refractivity contribution >= 4 is 17.4 Å². The number of nitrogen functional groups attached to an aromatic ring is 1. The van der Waals surface area contributed by atoms with Crippen molar-refractivity contribution in [1.82, 2.24) is 0 Å². The molecular formula is C10H9NO3. The Kier molecular flexibility index (Phi) is 3.01. The van der Waals surface area contributed by atoms with Crippen LogP contribution in [0.2, 0.25) is 0 Å². The molecule has 0 saturated carbocycles. The number of carboxylic acid groups (broad SMARTS) is 1. The minimum absolute atomic E-state index is 0.310. The second kappa shape index (κ2) is 4.23. The third-order valence-electron chi connectivity index (χ3n) is 1.60. The van der Waals surface area contributed by atoms with Crippen LogP contribution < -0.4 is 5.73 Å². The summed E-state index contributed by atoms with van der Waals surface area (Å²) in [4.78, 5) is 21.5. The second-order valence-electron chi connectivity index (χ2n) is 2.62. The summed E-state index contributed by atoms with van der Waals surface area (Å²) >= 11 is 0. The SMILES string of the molecule is Nc1ccccc1C(=O)/C=C\C(=O)O. The third kappa shape index (κ3) is 2.45. The number of benzene rings is 1. The molecule has 0 aliphatic heterocycles. The lowest BCUT2D eigenvalue weighted by Crippen LogP contribution is -2.01. The summed E-state index contributed by atoms with van der Waals surface area (Å²) in [5.41, 5.74) is 6.18. The van der Waals surface area contributed by atoms with Gasteiger partial charge in [0.2, 0.25) is 0 Å². The molecule has 0 bridgehead atoms. The third-order valence-corrected chi connectivity index (χ3v) is 1.60. The van der Waals surface area contributed by atoms with Gasteiger partial charge in [-0.05, 0) is 18.2 Å². The first-order valence-corrected chi connectivity index (χ1v) is 3.91. The fourth-order valence-corrected chi connectivity index (χ4v) is 0.958. The van der Waals surface area contributed by atoms with Crippen LogP contribution in [0.15, 0.2) is 36.4 Å². The van der Waals surface area contributed by atoms with E-state index in [-0.39, 0.29) is 0 Å². The Bertz CT molecular complexity index is 396. The van der Waals surface area contributed by atoms with E-state index in [0.717, 1.165) is 12.2 Å². The molecular weight excluding hydrogens is 182 g/mol. The van der Waals surface area contributed by atoms with Gasteiger partial charge in [0.05, 0.1) is 0 Å². The van der Waals surface area contributed by atoms with Crippen molar-refractivity contribution in [3.05, 3.63) is 42.0 Å². The Labute approximate surface area is 80.7 Å². The molecule has 0 spiro atoms. The Morgan fingerprint density at radius 3 is 2.43 bits per heavy atom. The molecule has 1 rings (SSSR count). The molecule has 0 unspecified atom stereocenters. The van der Waals surface area contributed by atoms with E-state index in [0.29, 0.717) is 11.3 Å². The van der Waals surface area contributed by atoms with E-state index in [4.69, 9.17) is 10.8 Å². The molecule has 1 aromatic carbocycles. The van der Waals surface area contributed by atoms with Crippen LogP contribution in [0.5, 0.6) is 0 Å². The van der Waals surface area contributed by atoms with Crippen molar-refractivity contribution in [2.75, 3.05) is 5.73 Å². The number of aliphatic carboxylic acids is 1. The van der Waals surface area contributed by atoms with Crippen LogP contribution in [-0.4, -0.2) is 16.9 Å². The Hall–Kier alpha value is -2.10. The molecule has 0 atom stereocenters. The van der Waals surface area contributed by atoms with Gasteiger partial charge >= 0.3 is 5.97 Å². The smallest absolute Gasteiger partial charge is 0.328 e. The zero-order valence-corrected chi connectivity index (χ0v) is 7.31. The molecule has 0 amide bonds. The average Bonchev–Trinajstić information content (AvgIpc) is 2.15. The molecule has 0 fully saturated rings. The van der Waals surface area contributed by atoms with E-state index >= 15 is 0 Å². The van der Waals surface area contributed by atoms with Crippen LogP contribution in [-0.2, 0) is 4.79 Å². The van der Waals surface area contributed by atoms with Gasteiger partial charge in [-0.1, -0.05) is 12.1 Å². The number of hydrogen-bond donors (Lipinski definition) is 2. The standard InChI is InChI=1S/C10H9NO3/c11-8-4-2-1-3-7(8)9(12)5-6-10(13)14/h1-6H,11H2,(H,13,14)/b6-5-. The Morgan fingerprint density at radius 1 is 1.21 bits per heavy atom. The van der Waals surface area contributed by atoms with Gasteiger partial charge in [-0.2, -0.15) is 0 Å². The monoisotopic (exact) mass is 191 g/mol. The van der Waals surface area contributed by atoms with E-state index < -0.39 is 11.8 Å². The molecule has 0 aliphatic rings. The van der Waals surface area contributed by atoms with Crippen LogP contribution in [0, 0.1) is 0 Å². The van der Waals surface area contributed by atoms with Gasteiger partial charge in [0.25, 0.3) is 0 Å². The maximum atomic E-state index is 11.3. The highest BCUT2D eigenvalue weighted by Crippen LogP contribution is 2.11. The molecule has 0 radical (unpaired) electrons. The summed E-state index contributed by atoms with van der Waals surface area (Å²) in [5.74, 6) is -1.57. The van der Waals surface area contributed by atoms with Crippen LogP contribution in [0.1, 0.15) is 10.4 Å². The van der Waals surface area contributed by atoms with E-state index in [1.165, 1.54) is 0 Å². The van der Waals surface area contributed by atoms with Gasteiger partial charge < -0.3 is 10.8 Å². The zero-order chi connectivity index (χ0) is 10.6. The Morgan fingerprint density at radius 2 is 1.86 bits per heavy atom. The van der Waals surface area contributed by atoms with Crippen LogP contribution >= 0.6 is 0 Å². The highest BCUT2D eigenvalue weighted by molar-refractivity contribution is 6.09. The number of nitrogens with two attached hydrogens (primary N) is 1. The number of rotatable bonds is 3. The van der Waals surface area contributed by atoms with Gasteiger partial charge in [0, 0.05) is 17.3 Å². The number of hydrogen-bond acceptors (Lipinski definition) is 3. The number of carboxylic acids is 1. The molecule has 14 heavy (non-hydrogen) atoms. The summed E-state index contributed by atoms with van der Waals surface area (Å²) < 4.78 is 0. The zero-order valence-electron chi connectivity index (χ0n) is 7.31. The van der Waals surface area contributed by atoms with Crippen LogP contribution in [0.3, 0.4) is 0 Å². The minimum atomic E-state index is -1.16. The van der Waals surface area contributed by atoms with Crippen LogP contribution in [0.4, 0.5) is 5.69 Å². The molecule has 3 N–H and O–H groups in total. The minimum Gasteiger partial charge on any atom is -0.478 e. The average molecular weight is 191 g/mol. The highest BCUT2D eigenvalue weighted by Gasteiger charge is 2.05. The predicted molar refractivity (Wildman–Crippen MR) is 52.0 cm³/mol. The fourth-order valence-electron chi connectivity index (χ4n) is 0.958. The number of anilines is 1. The van der Waals surface area contributed by atoms with Crippen molar-refractivity contribution in [1.29, 1.82) is 0 Å². The maximum Gasteiger partial charge on any atom is 0.328 e. The van der Waals surface area contributed by atoms with Gasteiger partial charge in [0.1, 0.15) is 0 Å². The van der Waals surface area contributed by atoms with E-state index in [9.17, 15) is 9.59 Å². The van der Waals surface area contributed by atoms with Crippen LogP contribution in [0.25, 0.3) is 0 Å². The largest absolute Gasteiger partial charge is 0.478 e. The first-order chi connectivity index (χ1) is 6.61. The summed E-state index contributed by atoms with van der Waals surface area (Å²) in [6.45, 7) is 0. The number of para-hydroxylation sites is 1. The van der Waals surface area contributed by atoms with Gasteiger partial charge in [0.15, 0.2) is 5.78 Å². The lowest BCUT2D eigenvalue weighted by molar-refractivity contribution is -0.131. The fraction of sp³-hybridized carbons (Fsp3) is 0. The lowest BCUT2D eigenvalue weighted by atomic mass is 10.1. The van der Waals surface area contributed by atoms with Gasteiger partial charge in [-0.15, -0.1) is 0 Å². The first-order valence-electron chi connectivity index (χ1n) is 3.91.